The van der Waals surface area contributed by atoms with Gasteiger partial charge in [-0.2, -0.15) is 0 Å². The topological polar surface area (TPSA) is 44.8 Å². The second-order valence-electron chi connectivity index (χ2n) is 7.69. The number of esters is 1. The third kappa shape index (κ3) is 1.47. The van der Waals surface area contributed by atoms with E-state index in [1.165, 1.54) is 6.42 Å². The van der Waals surface area contributed by atoms with Crippen LogP contribution in [-0.4, -0.2) is 23.3 Å². The normalized spacial score (nSPS) is 57.8. The Hall–Kier alpha value is -0.610. The maximum Gasteiger partial charge on any atom is 0.309 e. The molecule has 0 aromatic heterocycles. The molecule has 112 valence electrons. The van der Waals surface area contributed by atoms with Crippen LogP contribution in [-0.2, 0) is 19.3 Å². The van der Waals surface area contributed by atoms with Crippen molar-refractivity contribution >= 4 is 5.97 Å². The lowest BCUT2D eigenvalue weighted by molar-refractivity contribution is -0.476. The summed E-state index contributed by atoms with van der Waals surface area (Å²) < 4.78 is 5.81. The molecule has 0 aromatic carbocycles. The molecule has 1 spiro atoms. The minimum Gasteiger partial charge on any atom is -0.459 e. The van der Waals surface area contributed by atoms with Gasteiger partial charge in [-0.3, -0.25) is 4.79 Å². The summed E-state index contributed by atoms with van der Waals surface area (Å²) in [6.45, 7) is 6.40. The fourth-order valence-electron chi connectivity index (χ4n) is 5.30. The molecule has 2 saturated carbocycles. The molecule has 5 aliphatic rings. The van der Waals surface area contributed by atoms with E-state index in [1.54, 1.807) is 0 Å². The average molecular weight is 280 g/mol. The van der Waals surface area contributed by atoms with Crippen LogP contribution >= 0.6 is 0 Å². The Morgan fingerprint density at radius 1 is 1.10 bits per heavy atom. The van der Waals surface area contributed by atoms with Crippen molar-refractivity contribution in [2.75, 3.05) is 0 Å². The molecule has 0 unspecified atom stereocenters. The number of carbonyl (C=O) groups excluding carboxylic acids is 1. The predicted molar refractivity (Wildman–Crippen MR) is 71.6 cm³/mol. The number of carbonyl (C=O) groups is 1. The van der Waals surface area contributed by atoms with Crippen LogP contribution in [0.4, 0.5) is 0 Å². The second kappa shape index (κ2) is 3.98. The molecule has 2 bridgehead atoms. The van der Waals surface area contributed by atoms with E-state index in [0.717, 1.165) is 25.7 Å². The van der Waals surface area contributed by atoms with Gasteiger partial charge in [-0.25, -0.2) is 9.78 Å². The summed E-state index contributed by atoms with van der Waals surface area (Å²) in [7, 11) is 0. The molecule has 4 nitrogen and oxygen atoms in total. The van der Waals surface area contributed by atoms with E-state index in [1.807, 2.05) is 6.92 Å². The minimum absolute atomic E-state index is 0.0429. The largest absolute Gasteiger partial charge is 0.459 e. The Bertz CT molecular complexity index is 450. The minimum atomic E-state index is -0.388. The third-order valence-electron chi connectivity index (χ3n) is 6.50. The molecule has 0 radical (unpaired) electrons. The molecular formula is C16H24O4. The maximum atomic E-state index is 12.2. The van der Waals surface area contributed by atoms with Crippen LogP contribution in [0.3, 0.4) is 0 Å². The van der Waals surface area contributed by atoms with Crippen molar-refractivity contribution in [3.05, 3.63) is 0 Å². The van der Waals surface area contributed by atoms with Gasteiger partial charge in [-0.15, -0.1) is 0 Å². The van der Waals surface area contributed by atoms with Gasteiger partial charge in [0, 0.05) is 12.3 Å². The lowest BCUT2D eigenvalue weighted by atomic mass is 9.57. The highest BCUT2D eigenvalue weighted by molar-refractivity contribution is 5.74. The van der Waals surface area contributed by atoms with E-state index in [-0.39, 0.29) is 35.1 Å². The summed E-state index contributed by atoms with van der Waals surface area (Å²) in [5, 5.41) is 0. The number of hydrogen-bond acceptors (Lipinski definition) is 4. The van der Waals surface area contributed by atoms with Gasteiger partial charge in [0.05, 0.1) is 5.92 Å². The van der Waals surface area contributed by atoms with Crippen molar-refractivity contribution in [2.45, 2.75) is 70.2 Å². The predicted octanol–water partition coefficient (Wildman–Crippen LogP) is 2.85. The zero-order chi connectivity index (χ0) is 14.1. The van der Waals surface area contributed by atoms with Crippen LogP contribution in [0.5, 0.6) is 0 Å². The quantitative estimate of drug-likeness (QED) is 0.505. The Kier molecular flexibility index (Phi) is 2.60. The molecule has 3 heterocycles. The van der Waals surface area contributed by atoms with Gasteiger partial charge >= 0.3 is 5.97 Å². The Balaban J connectivity index is 1.84. The van der Waals surface area contributed by atoms with Crippen molar-refractivity contribution in [1.29, 1.82) is 0 Å². The van der Waals surface area contributed by atoms with Crippen molar-refractivity contribution < 1.29 is 19.3 Å². The molecular weight excluding hydrogens is 256 g/mol. The first-order valence-electron chi connectivity index (χ1n) is 8.04. The number of fused-ring (bicyclic) bond motifs is 2. The van der Waals surface area contributed by atoms with Gasteiger partial charge in [-0.1, -0.05) is 13.8 Å². The zero-order valence-corrected chi connectivity index (χ0v) is 12.6. The summed E-state index contributed by atoms with van der Waals surface area (Å²) in [6, 6.07) is 0. The fourth-order valence-corrected chi connectivity index (χ4v) is 5.30. The monoisotopic (exact) mass is 280 g/mol. The van der Waals surface area contributed by atoms with Crippen LogP contribution < -0.4 is 0 Å². The first-order chi connectivity index (χ1) is 9.46. The van der Waals surface area contributed by atoms with E-state index in [9.17, 15) is 4.79 Å². The summed E-state index contributed by atoms with van der Waals surface area (Å²) in [6.07, 6.45) is 5.01. The van der Waals surface area contributed by atoms with Gasteiger partial charge in [0.1, 0.15) is 17.3 Å². The standard InChI is InChI=1S/C16H24O4/c1-9-4-5-12-10(2)14(17)18-13-8-15(3)7-6-11(9)16(12,13)20-19-15/h9-13H,4-8H2,1-3H3/t9-,10-,11+,12+,13-,15-,16-/m1/s1. The Labute approximate surface area is 120 Å². The molecule has 5 fully saturated rings. The number of hydrogen-bond donors (Lipinski definition) is 0. The molecule has 0 amide bonds. The SMILES string of the molecule is C[C@@H]1CC[C@H]2[C@@H](C)C(=O)O[C@@H]3C[C@@]4(C)CC[C@@H]1[C@]32OO4. The fraction of sp³-hybridized carbons (Fsp3) is 0.938. The van der Waals surface area contributed by atoms with Crippen molar-refractivity contribution in [3.8, 4) is 0 Å². The second-order valence-corrected chi connectivity index (χ2v) is 7.69. The van der Waals surface area contributed by atoms with E-state index in [2.05, 4.69) is 13.8 Å². The Morgan fingerprint density at radius 2 is 1.90 bits per heavy atom. The average Bonchev–Trinajstić information content (AvgIpc) is 2.63. The van der Waals surface area contributed by atoms with Gasteiger partial charge in [0.2, 0.25) is 0 Å². The van der Waals surface area contributed by atoms with E-state index < -0.39 is 0 Å². The highest BCUT2D eigenvalue weighted by atomic mass is 17.2. The third-order valence-corrected chi connectivity index (χ3v) is 6.50. The highest BCUT2D eigenvalue weighted by Gasteiger charge is 2.68. The lowest BCUT2D eigenvalue weighted by Gasteiger charge is -2.58. The zero-order valence-electron chi connectivity index (χ0n) is 12.6. The molecule has 0 aromatic rings. The summed E-state index contributed by atoms with van der Waals surface area (Å²) in [5.41, 5.74) is -0.681. The van der Waals surface area contributed by atoms with E-state index >= 15 is 0 Å². The van der Waals surface area contributed by atoms with Crippen LogP contribution in [0.1, 0.15) is 52.9 Å². The molecule has 3 aliphatic heterocycles. The number of rotatable bonds is 0. The highest BCUT2D eigenvalue weighted by Crippen LogP contribution is 2.60. The van der Waals surface area contributed by atoms with Crippen LogP contribution in [0.2, 0.25) is 0 Å². The van der Waals surface area contributed by atoms with E-state index in [0.29, 0.717) is 11.8 Å². The van der Waals surface area contributed by atoms with E-state index in [4.69, 9.17) is 14.5 Å². The molecule has 2 aliphatic carbocycles. The van der Waals surface area contributed by atoms with Crippen molar-refractivity contribution in [1.82, 2.24) is 0 Å². The van der Waals surface area contributed by atoms with Crippen molar-refractivity contribution in [3.63, 3.8) is 0 Å². The van der Waals surface area contributed by atoms with Crippen LogP contribution in [0.15, 0.2) is 0 Å². The van der Waals surface area contributed by atoms with Gasteiger partial charge in [0.15, 0.2) is 0 Å². The molecule has 0 N–H and O–H groups in total. The number of ether oxygens (including phenoxy) is 1. The first kappa shape index (κ1) is 13.1. The molecule has 5 rings (SSSR count). The molecule has 20 heavy (non-hydrogen) atoms. The van der Waals surface area contributed by atoms with Gasteiger partial charge in [0.25, 0.3) is 0 Å². The lowest BCUT2D eigenvalue weighted by Crippen LogP contribution is -2.68. The smallest absolute Gasteiger partial charge is 0.309 e. The van der Waals surface area contributed by atoms with Crippen molar-refractivity contribution in [2.24, 2.45) is 23.7 Å². The maximum absolute atomic E-state index is 12.2. The summed E-state index contributed by atoms with van der Waals surface area (Å²) >= 11 is 0. The molecule has 7 atom stereocenters. The summed E-state index contributed by atoms with van der Waals surface area (Å²) in [5.74, 6) is 1.19. The Morgan fingerprint density at radius 3 is 2.70 bits per heavy atom. The van der Waals surface area contributed by atoms with Crippen LogP contribution in [0.25, 0.3) is 0 Å². The van der Waals surface area contributed by atoms with Gasteiger partial charge in [-0.05, 0) is 44.4 Å². The first-order valence-corrected chi connectivity index (χ1v) is 8.04. The van der Waals surface area contributed by atoms with Gasteiger partial charge < -0.3 is 4.74 Å². The van der Waals surface area contributed by atoms with Crippen LogP contribution in [0, 0.1) is 23.7 Å². The molecule has 3 saturated heterocycles. The molecule has 4 heteroatoms. The summed E-state index contributed by atoms with van der Waals surface area (Å²) in [4.78, 5) is 24.1.